The Morgan fingerprint density at radius 2 is 1.96 bits per heavy atom. The van der Waals surface area contributed by atoms with E-state index >= 15 is 0 Å². The van der Waals surface area contributed by atoms with Crippen molar-refractivity contribution in [3.05, 3.63) is 28.3 Å². The molecule has 1 aliphatic heterocycles. The Balaban J connectivity index is 2.28. The van der Waals surface area contributed by atoms with Gasteiger partial charge in [-0.25, -0.2) is 8.42 Å². The van der Waals surface area contributed by atoms with Crippen LogP contribution in [0.4, 0.5) is 11.4 Å². The van der Waals surface area contributed by atoms with Gasteiger partial charge in [0.25, 0.3) is 5.69 Å². The molecule has 1 amide bonds. The molecule has 1 aromatic carbocycles. The van der Waals surface area contributed by atoms with Gasteiger partial charge in [-0.05, 0) is 31.4 Å². The maximum absolute atomic E-state index is 12.8. The summed E-state index contributed by atoms with van der Waals surface area (Å²) in [7, 11) is -2.20. The number of hydrogen-bond acceptors (Lipinski definition) is 6. The number of nitrogens with one attached hydrogen (secondary N) is 1. The summed E-state index contributed by atoms with van der Waals surface area (Å²) in [5.41, 5.74) is -0.136. The van der Waals surface area contributed by atoms with E-state index in [-0.39, 0.29) is 28.7 Å². The van der Waals surface area contributed by atoms with Gasteiger partial charge in [0.15, 0.2) is 0 Å². The van der Waals surface area contributed by atoms with Gasteiger partial charge in [0.1, 0.15) is 5.69 Å². The number of sulfonamides is 1. The Bertz CT molecular complexity index is 791. The molecule has 0 aromatic heterocycles. The zero-order valence-corrected chi connectivity index (χ0v) is 16.5. The van der Waals surface area contributed by atoms with Crippen molar-refractivity contribution in [3.63, 3.8) is 0 Å². The van der Waals surface area contributed by atoms with Crippen molar-refractivity contribution in [2.45, 2.75) is 37.5 Å². The predicted molar refractivity (Wildman–Crippen MR) is 102 cm³/mol. The Kier molecular flexibility index (Phi) is 7.14. The fraction of sp³-hybridized carbons (Fsp3) is 0.588. The number of nitro groups is 1. The third-order valence-corrected chi connectivity index (χ3v) is 6.36. The molecule has 1 aromatic rings. The van der Waals surface area contributed by atoms with Gasteiger partial charge in [0.05, 0.1) is 16.4 Å². The molecule has 9 nitrogen and oxygen atoms in total. The number of likely N-dealkylation sites (N-methyl/N-ethyl adjacent to an activating group) is 1. The van der Waals surface area contributed by atoms with Gasteiger partial charge in [0.2, 0.25) is 15.9 Å². The van der Waals surface area contributed by atoms with E-state index in [0.717, 1.165) is 31.7 Å². The number of nitrogens with zero attached hydrogens (tertiary/aromatic N) is 3. The Hall–Kier alpha value is -2.20. The molecule has 0 atom stereocenters. The molecule has 27 heavy (non-hydrogen) atoms. The average molecular weight is 398 g/mol. The van der Waals surface area contributed by atoms with Crippen LogP contribution >= 0.6 is 0 Å². The van der Waals surface area contributed by atoms with Crippen LogP contribution < -0.4 is 10.2 Å². The lowest BCUT2D eigenvalue weighted by Crippen LogP contribution is -2.36. The second-order valence-electron chi connectivity index (χ2n) is 6.58. The van der Waals surface area contributed by atoms with Crippen molar-refractivity contribution in [2.24, 2.45) is 0 Å². The van der Waals surface area contributed by atoms with E-state index in [9.17, 15) is 23.3 Å². The van der Waals surface area contributed by atoms with Crippen LogP contribution in [0.15, 0.2) is 23.1 Å². The third kappa shape index (κ3) is 5.16. The van der Waals surface area contributed by atoms with Crippen LogP contribution in [-0.4, -0.2) is 56.8 Å². The first-order valence-corrected chi connectivity index (χ1v) is 10.5. The molecule has 0 spiro atoms. The van der Waals surface area contributed by atoms with Crippen molar-refractivity contribution < 1.29 is 18.1 Å². The van der Waals surface area contributed by atoms with Gasteiger partial charge in [-0.3, -0.25) is 14.9 Å². The molecule has 0 unspecified atom stereocenters. The van der Waals surface area contributed by atoms with Gasteiger partial charge in [-0.2, -0.15) is 4.31 Å². The second kappa shape index (κ2) is 9.14. The minimum absolute atomic E-state index is 0.0565. The van der Waals surface area contributed by atoms with Crippen LogP contribution in [0.3, 0.4) is 0 Å². The molecule has 0 aliphatic carbocycles. The SMILES string of the molecule is CCCNC(=O)CN(C)c1ccc(S(=O)(=O)N2CCCCC2)cc1[N+](=O)[O-]. The standard InChI is InChI=1S/C17H26N4O5S/c1-3-9-18-17(22)13-19(2)15-8-7-14(12-16(15)21(23)24)27(25,26)20-10-5-4-6-11-20/h7-8,12H,3-6,9-11,13H2,1-2H3,(H,18,22). The Morgan fingerprint density at radius 1 is 1.30 bits per heavy atom. The first kappa shape index (κ1) is 21.1. The number of hydrogen-bond donors (Lipinski definition) is 1. The van der Waals surface area contributed by atoms with Crippen LogP contribution in [0, 0.1) is 10.1 Å². The minimum atomic E-state index is -3.76. The van der Waals surface area contributed by atoms with Gasteiger partial charge < -0.3 is 10.2 Å². The molecular weight excluding hydrogens is 372 g/mol. The number of benzene rings is 1. The van der Waals surface area contributed by atoms with E-state index in [4.69, 9.17) is 0 Å². The van der Waals surface area contributed by atoms with Crippen LogP contribution in [0.5, 0.6) is 0 Å². The molecule has 10 heteroatoms. The topological polar surface area (TPSA) is 113 Å². The monoisotopic (exact) mass is 398 g/mol. The molecule has 2 rings (SSSR count). The van der Waals surface area contributed by atoms with Crippen molar-refractivity contribution in [1.82, 2.24) is 9.62 Å². The largest absolute Gasteiger partial charge is 0.360 e. The summed E-state index contributed by atoms with van der Waals surface area (Å²) in [6.07, 6.45) is 3.35. The van der Waals surface area contributed by atoms with Gasteiger partial charge in [-0.1, -0.05) is 13.3 Å². The Labute approximate surface area is 159 Å². The van der Waals surface area contributed by atoms with Crippen molar-refractivity contribution in [3.8, 4) is 0 Å². The fourth-order valence-corrected chi connectivity index (χ4v) is 4.55. The smallest absolute Gasteiger partial charge is 0.293 e. The average Bonchev–Trinajstić information content (AvgIpc) is 2.66. The first-order valence-electron chi connectivity index (χ1n) is 9.03. The van der Waals surface area contributed by atoms with Crippen LogP contribution in [-0.2, 0) is 14.8 Å². The Morgan fingerprint density at radius 3 is 2.56 bits per heavy atom. The quantitative estimate of drug-likeness (QED) is 0.527. The van der Waals surface area contributed by atoms with Gasteiger partial charge in [-0.15, -0.1) is 0 Å². The summed E-state index contributed by atoms with van der Waals surface area (Å²) >= 11 is 0. The highest BCUT2D eigenvalue weighted by Gasteiger charge is 2.29. The summed E-state index contributed by atoms with van der Waals surface area (Å²) in [4.78, 5) is 24.1. The van der Waals surface area contributed by atoms with Gasteiger partial charge >= 0.3 is 0 Å². The number of carbonyl (C=O) groups is 1. The lowest BCUT2D eigenvalue weighted by atomic mass is 10.2. The van der Waals surface area contributed by atoms with Crippen molar-refractivity contribution in [1.29, 1.82) is 0 Å². The summed E-state index contributed by atoms with van der Waals surface area (Å²) in [6.45, 7) is 3.25. The van der Waals surface area contributed by atoms with Crippen LogP contribution in [0.1, 0.15) is 32.6 Å². The highest BCUT2D eigenvalue weighted by atomic mass is 32.2. The zero-order chi connectivity index (χ0) is 20.0. The second-order valence-corrected chi connectivity index (χ2v) is 8.52. The summed E-state index contributed by atoms with van der Waals surface area (Å²) in [5, 5.41) is 14.2. The van der Waals surface area contributed by atoms with E-state index in [0.29, 0.717) is 19.6 Å². The van der Waals surface area contributed by atoms with Crippen molar-refractivity contribution >= 4 is 27.3 Å². The molecular formula is C17H26N4O5S. The normalized spacial score (nSPS) is 15.3. The lowest BCUT2D eigenvalue weighted by Gasteiger charge is -2.26. The van der Waals surface area contributed by atoms with Gasteiger partial charge in [0, 0.05) is 32.7 Å². The third-order valence-electron chi connectivity index (χ3n) is 4.46. The highest BCUT2D eigenvalue weighted by molar-refractivity contribution is 7.89. The highest BCUT2D eigenvalue weighted by Crippen LogP contribution is 2.31. The van der Waals surface area contributed by atoms with E-state index in [2.05, 4.69) is 5.32 Å². The lowest BCUT2D eigenvalue weighted by molar-refractivity contribution is -0.384. The minimum Gasteiger partial charge on any atom is -0.360 e. The zero-order valence-electron chi connectivity index (χ0n) is 15.7. The number of nitro benzene ring substituents is 1. The molecule has 0 bridgehead atoms. The summed E-state index contributed by atoms with van der Waals surface area (Å²) in [6, 6.07) is 3.84. The summed E-state index contributed by atoms with van der Waals surface area (Å²) in [5.74, 6) is -0.251. The maximum atomic E-state index is 12.8. The predicted octanol–water partition coefficient (Wildman–Crippen LogP) is 1.73. The molecule has 1 fully saturated rings. The number of carbonyl (C=O) groups excluding carboxylic acids is 1. The van der Waals surface area contributed by atoms with E-state index in [1.54, 1.807) is 7.05 Å². The molecule has 0 saturated carbocycles. The van der Waals surface area contributed by atoms with Crippen molar-refractivity contribution in [2.75, 3.05) is 38.1 Å². The number of amides is 1. The molecule has 1 saturated heterocycles. The molecule has 1 aliphatic rings. The maximum Gasteiger partial charge on any atom is 0.293 e. The molecule has 0 radical (unpaired) electrons. The number of piperidine rings is 1. The van der Waals surface area contributed by atoms with Crippen LogP contribution in [0.2, 0.25) is 0 Å². The van der Waals surface area contributed by atoms with E-state index in [1.807, 2.05) is 6.92 Å². The summed E-state index contributed by atoms with van der Waals surface area (Å²) < 4.78 is 26.9. The number of rotatable bonds is 8. The molecule has 1 N–H and O–H groups in total. The van der Waals surface area contributed by atoms with E-state index < -0.39 is 14.9 Å². The molecule has 150 valence electrons. The first-order chi connectivity index (χ1) is 12.8. The van der Waals surface area contributed by atoms with Crippen LogP contribution in [0.25, 0.3) is 0 Å². The van der Waals surface area contributed by atoms with E-state index in [1.165, 1.54) is 21.3 Å². The number of anilines is 1. The fourth-order valence-electron chi connectivity index (χ4n) is 3.01. The molecule has 1 heterocycles.